The molecule has 0 amide bonds. The first-order valence-electron chi connectivity index (χ1n) is 13.5. The van der Waals surface area contributed by atoms with E-state index >= 15 is 0 Å². The molecule has 0 bridgehead atoms. The van der Waals surface area contributed by atoms with Crippen molar-refractivity contribution in [2.24, 2.45) is 16.7 Å². The molecule has 2 nitrogen and oxygen atoms in total. The Balaban J connectivity index is 3.33. The zero-order valence-corrected chi connectivity index (χ0v) is 24.4. The molecule has 35 heavy (non-hydrogen) atoms. The highest BCUT2D eigenvalue weighted by Gasteiger charge is 2.55. The number of allylic oxidation sites excluding steroid dienone is 10. The molecule has 0 radical (unpaired) electrons. The average Bonchev–Trinajstić information content (AvgIpc) is 2.71. The van der Waals surface area contributed by atoms with E-state index in [-0.39, 0.29) is 22.9 Å². The topological polar surface area (TPSA) is 34.1 Å². The Kier molecular flexibility index (Phi) is 12.4. The largest absolute Gasteiger partial charge is 0.299 e. The van der Waals surface area contributed by atoms with Crippen LogP contribution in [0, 0.1) is 16.7 Å². The minimum atomic E-state index is -0.939. The summed E-state index contributed by atoms with van der Waals surface area (Å²) in [5.41, 5.74) is 5.14. The Labute approximate surface area is 216 Å². The molecule has 1 rings (SSSR count). The van der Waals surface area contributed by atoms with Crippen molar-refractivity contribution >= 4 is 11.6 Å². The second-order valence-electron chi connectivity index (χ2n) is 12.3. The highest BCUT2D eigenvalue weighted by atomic mass is 16.2. The molecular formula is C33H52O2. The molecule has 0 saturated heterocycles. The van der Waals surface area contributed by atoms with Gasteiger partial charge in [-0.15, -0.1) is 0 Å². The van der Waals surface area contributed by atoms with Gasteiger partial charge in [-0.25, -0.2) is 0 Å². The van der Waals surface area contributed by atoms with Crippen LogP contribution in [-0.4, -0.2) is 11.6 Å². The Bertz CT molecular complexity index is 849. The third-order valence-electron chi connectivity index (χ3n) is 7.42. The summed E-state index contributed by atoms with van der Waals surface area (Å²) in [5.74, 6) is 0.148. The first kappa shape index (κ1) is 31.1. The van der Waals surface area contributed by atoms with Crippen LogP contribution in [0.5, 0.6) is 0 Å². The summed E-state index contributed by atoms with van der Waals surface area (Å²) in [4.78, 5) is 27.9. The third kappa shape index (κ3) is 9.90. The van der Waals surface area contributed by atoms with Gasteiger partial charge in [0.2, 0.25) is 0 Å². The zero-order chi connectivity index (χ0) is 26.8. The van der Waals surface area contributed by atoms with E-state index in [1.54, 1.807) is 0 Å². The summed E-state index contributed by atoms with van der Waals surface area (Å²) >= 11 is 0. The fourth-order valence-corrected chi connectivity index (χ4v) is 4.90. The summed E-state index contributed by atoms with van der Waals surface area (Å²) in [6.45, 7) is 21.1. The summed E-state index contributed by atoms with van der Waals surface area (Å²) in [7, 11) is 0. The lowest BCUT2D eigenvalue weighted by atomic mass is 9.55. The van der Waals surface area contributed by atoms with Crippen LogP contribution >= 0.6 is 0 Å². The maximum Gasteiger partial charge on any atom is 0.150 e. The average molecular weight is 481 g/mol. The number of Topliss-reactive ketones (excluding diaryl/α,β-unsaturated/α-hetero) is 2. The molecule has 2 heteroatoms. The lowest BCUT2D eigenvalue weighted by Crippen LogP contribution is -2.53. The first-order chi connectivity index (χ1) is 16.2. The number of hydrogen-bond acceptors (Lipinski definition) is 2. The zero-order valence-electron chi connectivity index (χ0n) is 24.4. The SMILES string of the molecule is CC(C)=CCC/C(C)=C/CC1(C/C=C(\C)CCC=C(C)C)C(=O)CC(C)(C)[C@H](CC=C(C)C)C1=O. The maximum absolute atomic E-state index is 14.2. The lowest BCUT2D eigenvalue weighted by molar-refractivity contribution is -0.153. The smallest absolute Gasteiger partial charge is 0.150 e. The number of carbonyl (C=O) groups is 2. The quantitative estimate of drug-likeness (QED) is 0.206. The van der Waals surface area contributed by atoms with Crippen LogP contribution < -0.4 is 0 Å². The van der Waals surface area contributed by atoms with Gasteiger partial charge in [0.25, 0.3) is 0 Å². The van der Waals surface area contributed by atoms with Gasteiger partial charge in [-0.1, -0.05) is 72.1 Å². The van der Waals surface area contributed by atoms with Gasteiger partial charge in [0.15, 0.2) is 5.78 Å². The molecule has 0 N–H and O–H groups in total. The third-order valence-corrected chi connectivity index (χ3v) is 7.42. The van der Waals surface area contributed by atoms with Gasteiger partial charge in [0.1, 0.15) is 5.78 Å². The molecule has 1 aliphatic carbocycles. The number of carbonyl (C=O) groups excluding carboxylic acids is 2. The van der Waals surface area contributed by atoms with Crippen molar-refractivity contribution in [3.8, 4) is 0 Å². The van der Waals surface area contributed by atoms with E-state index in [4.69, 9.17) is 0 Å². The Morgan fingerprint density at radius 2 is 1.14 bits per heavy atom. The van der Waals surface area contributed by atoms with Crippen LogP contribution in [0.15, 0.2) is 58.2 Å². The lowest BCUT2D eigenvalue weighted by Gasteiger charge is -2.46. The monoisotopic (exact) mass is 480 g/mol. The molecule has 0 aliphatic heterocycles. The van der Waals surface area contributed by atoms with Crippen LogP contribution in [-0.2, 0) is 9.59 Å². The van der Waals surface area contributed by atoms with Crippen molar-refractivity contribution < 1.29 is 9.59 Å². The van der Waals surface area contributed by atoms with Gasteiger partial charge < -0.3 is 0 Å². The highest BCUT2D eigenvalue weighted by molar-refractivity contribution is 6.11. The molecule has 1 aliphatic rings. The number of ketones is 2. The van der Waals surface area contributed by atoms with Crippen molar-refractivity contribution in [2.75, 3.05) is 0 Å². The minimum Gasteiger partial charge on any atom is -0.299 e. The molecular weight excluding hydrogens is 428 g/mol. The van der Waals surface area contributed by atoms with Crippen LogP contribution in [0.2, 0.25) is 0 Å². The molecule has 1 atom stereocenters. The molecule has 1 saturated carbocycles. The summed E-state index contributed by atoms with van der Waals surface area (Å²) in [6.07, 6.45) is 17.2. The normalized spacial score (nSPS) is 22.6. The van der Waals surface area contributed by atoms with E-state index in [0.717, 1.165) is 32.1 Å². The van der Waals surface area contributed by atoms with E-state index in [9.17, 15) is 9.59 Å². The summed E-state index contributed by atoms with van der Waals surface area (Å²) < 4.78 is 0. The van der Waals surface area contributed by atoms with E-state index in [0.29, 0.717) is 19.3 Å². The first-order valence-corrected chi connectivity index (χ1v) is 13.5. The van der Waals surface area contributed by atoms with E-state index < -0.39 is 5.41 Å². The van der Waals surface area contributed by atoms with Gasteiger partial charge in [-0.3, -0.25) is 9.59 Å². The fraction of sp³-hybridized carbons (Fsp3) is 0.636. The second-order valence-corrected chi connectivity index (χ2v) is 12.3. The minimum absolute atomic E-state index is 0.127. The Morgan fingerprint density at radius 3 is 1.54 bits per heavy atom. The number of rotatable bonds is 12. The van der Waals surface area contributed by atoms with E-state index in [1.807, 2.05) is 0 Å². The molecule has 0 heterocycles. The molecule has 0 aromatic heterocycles. The van der Waals surface area contributed by atoms with Crippen molar-refractivity contribution in [2.45, 2.75) is 121 Å². The van der Waals surface area contributed by atoms with Crippen molar-refractivity contribution in [1.29, 1.82) is 0 Å². The highest BCUT2D eigenvalue weighted by Crippen LogP contribution is 2.50. The molecule has 0 spiro atoms. The van der Waals surface area contributed by atoms with Crippen molar-refractivity contribution in [3.63, 3.8) is 0 Å². The van der Waals surface area contributed by atoms with E-state index in [1.165, 1.54) is 27.9 Å². The predicted octanol–water partition coefficient (Wildman–Crippen LogP) is 9.68. The predicted molar refractivity (Wildman–Crippen MR) is 152 cm³/mol. The Hall–Kier alpha value is -1.96. The van der Waals surface area contributed by atoms with E-state index in [2.05, 4.69) is 99.6 Å². The van der Waals surface area contributed by atoms with Crippen LogP contribution in [0.25, 0.3) is 0 Å². The second kappa shape index (κ2) is 14.0. The van der Waals surface area contributed by atoms with Gasteiger partial charge in [0, 0.05) is 12.3 Å². The summed E-state index contributed by atoms with van der Waals surface area (Å²) in [6, 6.07) is 0. The van der Waals surface area contributed by atoms with Crippen LogP contribution in [0.4, 0.5) is 0 Å². The molecule has 0 aromatic rings. The van der Waals surface area contributed by atoms with Crippen LogP contribution in [0.1, 0.15) is 121 Å². The molecule has 196 valence electrons. The van der Waals surface area contributed by atoms with Crippen molar-refractivity contribution in [1.82, 2.24) is 0 Å². The summed E-state index contributed by atoms with van der Waals surface area (Å²) in [5, 5.41) is 0. The molecule has 0 aromatic carbocycles. The van der Waals surface area contributed by atoms with Gasteiger partial charge >= 0.3 is 0 Å². The van der Waals surface area contributed by atoms with Crippen molar-refractivity contribution in [3.05, 3.63) is 58.2 Å². The Morgan fingerprint density at radius 1 is 0.714 bits per heavy atom. The van der Waals surface area contributed by atoms with Gasteiger partial charge in [-0.2, -0.15) is 0 Å². The molecule has 1 fully saturated rings. The van der Waals surface area contributed by atoms with Crippen LogP contribution in [0.3, 0.4) is 0 Å². The maximum atomic E-state index is 14.2. The van der Waals surface area contributed by atoms with Gasteiger partial charge in [-0.05, 0) is 106 Å². The molecule has 0 unspecified atom stereocenters. The number of hydrogen-bond donors (Lipinski definition) is 0. The standard InChI is InChI=1S/C33H52O2/c1-24(2)13-11-15-27(7)19-21-33(22-20-28(8)16-12-14-25(3)4)30(34)23-32(9,10)29(31(33)35)18-17-26(5)6/h13-14,17,19-20,29H,11-12,15-16,18,21-23H2,1-10H3/b27-19+,28-20+/t29-/m1/s1. The van der Waals surface area contributed by atoms with Gasteiger partial charge in [0.05, 0.1) is 5.41 Å². The fourth-order valence-electron chi connectivity index (χ4n) is 4.90.